The van der Waals surface area contributed by atoms with Crippen molar-refractivity contribution in [3.8, 4) is 0 Å². The lowest BCUT2D eigenvalue weighted by molar-refractivity contribution is 0.556. The summed E-state index contributed by atoms with van der Waals surface area (Å²) in [5.74, 6) is 1.96. The molecule has 0 radical (unpaired) electrons. The van der Waals surface area contributed by atoms with Crippen LogP contribution in [-0.4, -0.2) is 35.9 Å². The lowest BCUT2D eigenvalue weighted by Gasteiger charge is -2.13. The zero-order chi connectivity index (χ0) is 15.2. The van der Waals surface area contributed by atoms with E-state index in [0.717, 1.165) is 17.9 Å². The van der Waals surface area contributed by atoms with Gasteiger partial charge in [-0.25, -0.2) is 13.1 Å². The Morgan fingerprint density at radius 2 is 2.25 bits per heavy atom. The minimum absolute atomic E-state index is 0.116. The predicted molar refractivity (Wildman–Crippen MR) is 87.5 cm³/mol. The van der Waals surface area contributed by atoms with Crippen LogP contribution in [0.2, 0.25) is 0 Å². The van der Waals surface area contributed by atoms with Gasteiger partial charge < -0.3 is 5.73 Å². The summed E-state index contributed by atoms with van der Waals surface area (Å²) in [5, 5.41) is 0. The van der Waals surface area contributed by atoms with Crippen molar-refractivity contribution in [3.05, 3.63) is 24.0 Å². The van der Waals surface area contributed by atoms with Crippen molar-refractivity contribution >= 4 is 39.0 Å². The van der Waals surface area contributed by atoms with Gasteiger partial charge in [-0.1, -0.05) is 19.1 Å². The fourth-order valence-corrected chi connectivity index (χ4v) is 3.63. The largest absolute Gasteiger partial charge is 0.388 e. The van der Waals surface area contributed by atoms with Gasteiger partial charge in [0.25, 0.3) is 0 Å². The first-order valence-corrected chi connectivity index (χ1v) is 9.27. The Morgan fingerprint density at radius 1 is 1.55 bits per heavy atom. The molecule has 0 bridgehead atoms. The lowest BCUT2D eigenvalue weighted by Crippen LogP contribution is -2.33. The summed E-state index contributed by atoms with van der Waals surface area (Å²) in [7, 11) is -3.54. The Balaban J connectivity index is 2.70. The van der Waals surface area contributed by atoms with E-state index in [2.05, 4.69) is 16.6 Å². The van der Waals surface area contributed by atoms with E-state index in [4.69, 9.17) is 18.0 Å². The Bertz CT molecular complexity index is 544. The maximum absolute atomic E-state index is 12.1. The molecule has 3 N–H and O–H groups in total. The fraction of sp³-hybridized carbons (Fsp3) is 0.500. The van der Waals surface area contributed by atoms with Gasteiger partial charge in [-0.15, -0.1) is 0 Å². The standard InChI is InChI=1S/C12H19N3O2S3/c1-3-19-7-6-9(2)15-20(16,17)10-4-5-11(12(13)18)14-8-10/h4-5,8-9,15H,3,6-7H2,1-2H3,(H2,13,18). The molecule has 0 saturated heterocycles. The Hall–Kier alpha value is -0.700. The molecule has 1 heterocycles. The van der Waals surface area contributed by atoms with Gasteiger partial charge in [-0.2, -0.15) is 11.8 Å². The molecule has 0 aromatic carbocycles. The van der Waals surface area contributed by atoms with Crippen molar-refractivity contribution in [1.29, 1.82) is 0 Å². The number of nitrogens with zero attached hydrogens (tertiary/aromatic N) is 1. The molecule has 0 aliphatic carbocycles. The van der Waals surface area contributed by atoms with Crippen LogP contribution in [0.3, 0.4) is 0 Å². The van der Waals surface area contributed by atoms with Crippen LogP contribution in [0.25, 0.3) is 0 Å². The molecule has 5 nitrogen and oxygen atoms in total. The van der Waals surface area contributed by atoms with Crippen molar-refractivity contribution < 1.29 is 8.42 Å². The maximum Gasteiger partial charge on any atom is 0.242 e. The van der Waals surface area contributed by atoms with Crippen LogP contribution in [0.5, 0.6) is 0 Å². The van der Waals surface area contributed by atoms with Gasteiger partial charge >= 0.3 is 0 Å². The quantitative estimate of drug-likeness (QED) is 0.554. The number of thiocarbonyl (C=S) groups is 1. The van der Waals surface area contributed by atoms with Crippen LogP contribution in [0.4, 0.5) is 0 Å². The van der Waals surface area contributed by atoms with E-state index in [0.29, 0.717) is 5.69 Å². The molecule has 0 aliphatic rings. The molecule has 1 unspecified atom stereocenters. The Kier molecular flexibility index (Phi) is 6.87. The number of pyridine rings is 1. The van der Waals surface area contributed by atoms with E-state index in [1.807, 2.05) is 6.92 Å². The van der Waals surface area contributed by atoms with Crippen LogP contribution in [0, 0.1) is 0 Å². The molecule has 8 heteroatoms. The van der Waals surface area contributed by atoms with E-state index >= 15 is 0 Å². The van der Waals surface area contributed by atoms with E-state index in [1.54, 1.807) is 11.8 Å². The average molecular weight is 334 g/mol. The molecule has 1 rings (SSSR count). The smallest absolute Gasteiger partial charge is 0.242 e. The second kappa shape index (κ2) is 7.92. The predicted octanol–water partition coefficient (Wildman–Crippen LogP) is 1.53. The number of sulfonamides is 1. The molecule has 1 atom stereocenters. The summed E-state index contributed by atoms with van der Waals surface area (Å²) >= 11 is 6.56. The number of hydrogen-bond acceptors (Lipinski definition) is 5. The summed E-state index contributed by atoms with van der Waals surface area (Å²) < 4.78 is 26.9. The van der Waals surface area contributed by atoms with Crippen molar-refractivity contribution in [3.63, 3.8) is 0 Å². The highest BCUT2D eigenvalue weighted by atomic mass is 32.2. The van der Waals surface area contributed by atoms with Crippen LogP contribution < -0.4 is 10.5 Å². The third-order valence-corrected chi connectivity index (χ3v) is 5.27. The van der Waals surface area contributed by atoms with E-state index in [9.17, 15) is 8.42 Å². The van der Waals surface area contributed by atoms with Gasteiger partial charge in [0, 0.05) is 12.2 Å². The molecule has 1 aromatic rings. The second-order valence-corrected chi connectivity index (χ2v) is 7.80. The summed E-state index contributed by atoms with van der Waals surface area (Å²) in [6.07, 6.45) is 2.06. The highest BCUT2D eigenvalue weighted by Gasteiger charge is 2.17. The average Bonchev–Trinajstić information content (AvgIpc) is 2.38. The molecule has 0 aliphatic heterocycles. The molecule has 0 spiro atoms. The fourth-order valence-electron chi connectivity index (χ4n) is 1.48. The topological polar surface area (TPSA) is 85.1 Å². The molecule has 0 saturated carbocycles. The van der Waals surface area contributed by atoms with E-state index in [-0.39, 0.29) is 15.9 Å². The van der Waals surface area contributed by atoms with Gasteiger partial charge in [-0.05, 0) is 37.0 Å². The first-order valence-electron chi connectivity index (χ1n) is 6.22. The molecule has 0 amide bonds. The first kappa shape index (κ1) is 17.4. The minimum Gasteiger partial charge on any atom is -0.388 e. The number of hydrogen-bond donors (Lipinski definition) is 2. The number of nitrogens with one attached hydrogen (secondary N) is 1. The Labute approximate surface area is 129 Å². The van der Waals surface area contributed by atoms with Crippen molar-refractivity contribution in [2.45, 2.75) is 31.2 Å². The monoisotopic (exact) mass is 333 g/mol. The molecular formula is C12H19N3O2S3. The van der Waals surface area contributed by atoms with E-state index in [1.165, 1.54) is 18.3 Å². The van der Waals surface area contributed by atoms with E-state index < -0.39 is 10.0 Å². The highest BCUT2D eigenvalue weighted by Crippen LogP contribution is 2.11. The summed E-state index contributed by atoms with van der Waals surface area (Å²) in [5.41, 5.74) is 5.83. The van der Waals surface area contributed by atoms with Crippen LogP contribution >= 0.6 is 24.0 Å². The zero-order valence-electron chi connectivity index (χ0n) is 11.5. The molecule has 112 valence electrons. The van der Waals surface area contributed by atoms with Crippen LogP contribution in [-0.2, 0) is 10.0 Å². The molecular weight excluding hydrogens is 314 g/mol. The lowest BCUT2D eigenvalue weighted by atomic mass is 10.3. The zero-order valence-corrected chi connectivity index (χ0v) is 13.9. The van der Waals surface area contributed by atoms with Crippen LogP contribution in [0.1, 0.15) is 26.0 Å². The number of aromatic nitrogens is 1. The van der Waals surface area contributed by atoms with Crippen LogP contribution in [0.15, 0.2) is 23.2 Å². The highest BCUT2D eigenvalue weighted by molar-refractivity contribution is 7.99. The summed E-state index contributed by atoms with van der Waals surface area (Å²) in [6, 6.07) is 2.85. The molecule has 0 fully saturated rings. The third kappa shape index (κ3) is 5.35. The van der Waals surface area contributed by atoms with Gasteiger partial charge in [0.15, 0.2) is 0 Å². The first-order chi connectivity index (χ1) is 9.36. The van der Waals surface area contributed by atoms with Gasteiger partial charge in [-0.3, -0.25) is 4.98 Å². The Morgan fingerprint density at radius 3 is 2.75 bits per heavy atom. The van der Waals surface area contributed by atoms with Crippen molar-refractivity contribution in [2.24, 2.45) is 5.73 Å². The normalized spacial score (nSPS) is 13.1. The van der Waals surface area contributed by atoms with Crippen molar-refractivity contribution in [1.82, 2.24) is 9.71 Å². The number of thioether (sulfide) groups is 1. The summed E-state index contributed by atoms with van der Waals surface area (Å²) in [6.45, 7) is 3.93. The molecule has 20 heavy (non-hydrogen) atoms. The van der Waals surface area contributed by atoms with Gasteiger partial charge in [0.05, 0.1) is 5.69 Å². The van der Waals surface area contributed by atoms with Crippen molar-refractivity contribution in [2.75, 3.05) is 11.5 Å². The minimum atomic E-state index is -3.54. The maximum atomic E-state index is 12.1. The molecule has 1 aromatic heterocycles. The third-order valence-electron chi connectivity index (χ3n) is 2.55. The van der Waals surface area contributed by atoms with Gasteiger partial charge in [0.1, 0.15) is 9.88 Å². The number of rotatable bonds is 8. The summed E-state index contributed by atoms with van der Waals surface area (Å²) in [4.78, 5) is 4.20. The van der Waals surface area contributed by atoms with Gasteiger partial charge in [0.2, 0.25) is 10.0 Å². The second-order valence-electron chi connectivity index (χ2n) is 4.25. The number of nitrogens with two attached hydrogens (primary N) is 1. The SMILES string of the molecule is CCSCCC(C)NS(=O)(=O)c1ccc(C(N)=S)nc1.